The summed E-state index contributed by atoms with van der Waals surface area (Å²) in [5, 5.41) is 5.77. The maximum Gasteiger partial charge on any atom is 0.325 e. The van der Waals surface area contributed by atoms with E-state index >= 15 is 0 Å². The van der Waals surface area contributed by atoms with Crippen molar-refractivity contribution in [3.63, 3.8) is 0 Å². The number of fused-ring (bicyclic) bond motifs is 1. The van der Waals surface area contributed by atoms with Gasteiger partial charge in [-0.3, -0.25) is 19.3 Å². The van der Waals surface area contributed by atoms with Gasteiger partial charge in [0.1, 0.15) is 5.54 Å². The molecule has 3 aliphatic rings. The molecule has 166 valence electrons. The first-order chi connectivity index (χ1) is 15.0. The number of aryl methyl sites for hydroxylation is 1. The summed E-state index contributed by atoms with van der Waals surface area (Å²) in [6.07, 6.45) is 6.45. The zero-order valence-electron chi connectivity index (χ0n) is 17.7. The number of urea groups is 1. The number of carbonyl (C=O) groups is 4. The van der Waals surface area contributed by atoms with Crippen LogP contribution in [0, 0.1) is 0 Å². The molecule has 0 unspecified atom stereocenters. The maximum atomic E-state index is 12.6. The van der Waals surface area contributed by atoms with Crippen LogP contribution in [0.1, 0.15) is 68.5 Å². The normalized spacial score (nSPS) is 21.7. The molecule has 1 spiro atoms. The molecule has 2 fully saturated rings. The molecule has 0 bridgehead atoms. The highest BCUT2D eigenvalue weighted by Gasteiger charge is 2.52. The number of imide groups is 1. The predicted molar refractivity (Wildman–Crippen MR) is 112 cm³/mol. The van der Waals surface area contributed by atoms with Crippen LogP contribution in [-0.4, -0.2) is 47.4 Å². The third-order valence-corrected chi connectivity index (χ3v) is 6.53. The van der Waals surface area contributed by atoms with Gasteiger partial charge in [0.25, 0.3) is 11.8 Å². The summed E-state index contributed by atoms with van der Waals surface area (Å²) in [5.74, 6) is -1.02. The van der Waals surface area contributed by atoms with Gasteiger partial charge in [-0.05, 0) is 49.7 Å². The highest BCUT2D eigenvalue weighted by atomic mass is 16.5. The third-order valence-electron chi connectivity index (χ3n) is 6.53. The Morgan fingerprint density at radius 3 is 2.74 bits per heavy atom. The maximum absolute atomic E-state index is 12.6. The van der Waals surface area contributed by atoms with Gasteiger partial charge in [0.2, 0.25) is 0 Å². The van der Waals surface area contributed by atoms with Crippen LogP contribution in [0.4, 0.5) is 4.79 Å². The molecule has 4 amide bonds. The predicted octanol–water partition coefficient (Wildman–Crippen LogP) is 2.37. The smallest absolute Gasteiger partial charge is 0.325 e. The molecule has 2 aliphatic carbocycles. The lowest BCUT2D eigenvalue weighted by molar-refractivity contribution is -0.149. The first kappa shape index (κ1) is 21.3. The summed E-state index contributed by atoms with van der Waals surface area (Å²) in [6, 6.07) is 7.62. The molecule has 1 saturated heterocycles. The van der Waals surface area contributed by atoms with Crippen molar-refractivity contribution in [1.29, 1.82) is 0 Å². The van der Waals surface area contributed by atoms with Crippen molar-refractivity contribution in [2.75, 3.05) is 13.2 Å². The summed E-state index contributed by atoms with van der Waals surface area (Å²) < 4.78 is 5.09. The largest absolute Gasteiger partial charge is 0.456 e. The van der Waals surface area contributed by atoms with Gasteiger partial charge in [-0.2, -0.15) is 0 Å². The van der Waals surface area contributed by atoms with Crippen molar-refractivity contribution in [3.8, 4) is 0 Å². The molecule has 2 N–H and O–H groups in total. The molecule has 0 aromatic heterocycles. The van der Waals surface area contributed by atoms with Crippen LogP contribution in [-0.2, 0) is 25.5 Å². The molecule has 8 heteroatoms. The van der Waals surface area contributed by atoms with Crippen molar-refractivity contribution in [1.82, 2.24) is 15.5 Å². The minimum atomic E-state index is -0.729. The number of ether oxygens (including phenoxy) is 1. The van der Waals surface area contributed by atoms with E-state index < -0.39 is 11.5 Å². The molecule has 1 aromatic rings. The molecule has 4 rings (SSSR count). The molecule has 8 nitrogen and oxygen atoms in total. The minimum absolute atomic E-state index is 0.0452. The Hall–Kier alpha value is -2.90. The van der Waals surface area contributed by atoms with Crippen molar-refractivity contribution in [3.05, 3.63) is 35.4 Å². The van der Waals surface area contributed by atoms with E-state index in [0.29, 0.717) is 19.3 Å². The first-order valence-corrected chi connectivity index (χ1v) is 11.2. The second kappa shape index (κ2) is 9.08. The summed E-state index contributed by atoms with van der Waals surface area (Å²) in [4.78, 5) is 50.2. The number of amides is 4. The zero-order chi connectivity index (χ0) is 21.8. The van der Waals surface area contributed by atoms with E-state index in [9.17, 15) is 19.2 Å². The fraction of sp³-hybridized carbons (Fsp3) is 0.565. The molecule has 1 heterocycles. The highest BCUT2D eigenvalue weighted by molar-refractivity contribution is 6.07. The summed E-state index contributed by atoms with van der Waals surface area (Å²) in [5.41, 5.74) is 1.64. The molecule has 1 atom stereocenters. The topological polar surface area (TPSA) is 105 Å². The molecular formula is C23H29N3O5. The van der Waals surface area contributed by atoms with E-state index in [2.05, 4.69) is 16.7 Å². The van der Waals surface area contributed by atoms with E-state index in [1.54, 1.807) is 0 Å². The molecule has 1 saturated carbocycles. The molecular weight excluding hydrogens is 398 g/mol. The molecule has 0 radical (unpaired) electrons. The van der Waals surface area contributed by atoms with Gasteiger partial charge in [-0.25, -0.2) is 4.79 Å². The van der Waals surface area contributed by atoms with Gasteiger partial charge in [-0.1, -0.05) is 37.1 Å². The third kappa shape index (κ3) is 4.57. The van der Waals surface area contributed by atoms with Crippen LogP contribution < -0.4 is 10.6 Å². The Morgan fingerprint density at radius 2 is 1.94 bits per heavy atom. The fourth-order valence-corrected chi connectivity index (χ4v) is 4.94. The summed E-state index contributed by atoms with van der Waals surface area (Å²) in [6.45, 7) is -0.156. The Labute approximate surface area is 181 Å². The van der Waals surface area contributed by atoms with Crippen molar-refractivity contribution < 1.29 is 23.9 Å². The first-order valence-electron chi connectivity index (χ1n) is 11.2. The van der Waals surface area contributed by atoms with Crippen LogP contribution in [0.3, 0.4) is 0 Å². The van der Waals surface area contributed by atoms with Crippen LogP contribution in [0.15, 0.2) is 24.3 Å². The van der Waals surface area contributed by atoms with Gasteiger partial charge in [0, 0.05) is 13.0 Å². The monoisotopic (exact) mass is 427 g/mol. The SMILES string of the molecule is O=C(COC(=O)CCCN1C(=O)NC2(CCCC2)C1=O)N[C@@H]1CCCc2ccccc21. The number of esters is 1. The van der Waals surface area contributed by atoms with Crippen LogP contribution in [0.25, 0.3) is 0 Å². The van der Waals surface area contributed by atoms with Crippen LogP contribution in [0.2, 0.25) is 0 Å². The van der Waals surface area contributed by atoms with Crippen LogP contribution >= 0.6 is 0 Å². The molecule has 1 aromatic carbocycles. The average molecular weight is 428 g/mol. The zero-order valence-corrected chi connectivity index (χ0v) is 17.7. The lowest BCUT2D eigenvalue weighted by Gasteiger charge is -2.26. The Kier molecular flexibility index (Phi) is 6.25. The number of nitrogens with zero attached hydrogens (tertiary/aromatic N) is 1. The van der Waals surface area contributed by atoms with E-state index in [0.717, 1.165) is 37.7 Å². The lowest BCUT2D eigenvalue weighted by atomic mass is 9.88. The Morgan fingerprint density at radius 1 is 1.16 bits per heavy atom. The summed E-state index contributed by atoms with van der Waals surface area (Å²) in [7, 11) is 0. The van der Waals surface area contributed by atoms with Gasteiger partial charge in [-0.15, -0.1) is 0 Å². The van der Waals surface area contributed by atoms with Gasteiger partial charge >= 0.3 is 12.0 Å². The van der Waals surface area contributed by atoms with Crippen LogP contribution in [0.5, 0.6) is 0 Å². The van der Waals surface area contributed by atoms with E-state index in [-0.39, 0.29) is 43.5 Å². The van der Waals surface area contributed by atoms with Gasteiger partial charge < -0.3 is 15.4 Å². The second-order valence-electron chi connectivity index (χ2n) is 8.65. The average Bonchev–Trinajstić information content (AvgIpc) is 3.33. The van der Waals surface area contributed by atoms with Crippen molar-refractivity contribution in [2.24, 2.45) is 0 Å². The standard InChI is InChI=1S/C23H29N3O5/c27-19(24-18-10-5-8-16-7-1-2-9-17(16)18)15-31-20(28)11-6-14-26-21(29)23(25-22(26)30)12-3-4-13-23/h1-2,7,9,18H,3-6,8,10-15H2,(H,24,27)(H,25,30)/t18-/m1/s1. The number of benzene rings is 1. The number of rotatable bonds is 7. The van der Waals surface area contributed by atoms with Crippen molar-refractivity contribution in [2.45, 2.75) is 69.4 Å². The highest BCUT2D eigenvalue weighted by Crippen LogP contribution is 2.35. The Bertz CT molecular complexity index is 878. The van der Waals surface area contributed by atoms with E-state index in [4.69, 9.17) is 4.74 Å². The van der Waals surface area contributed by atoms with Gasteiger partial charge in [0.05, 0.1) is 6.04 Å². The number of carbonyl (C=O) groups excluding carboxylic acids is 4. The number of hydrogen-bond acceptors (Lipinski definition) is 5. The van der Waals surface area contributed by atoms with Crippen molar-refractivity contribution >= 4 is 23.8 Å². The molecule has 31 heavy (non-hydrogen) atoms. The van der Waals surface area contributed by atoms with Gasteiger partial charge in [0.15, 0.2) is 6.61 Å². The lowest BCUT2D eigenvalue weighted by Crippen LogP contribution is -2.44. The quantitative estimate of drug-likeness (QED) is 0.513. The number of nitrogens with one attached hydrogen (secondary N) is 2. The Balaban J connectivity index is 1.18. The minimum Gasteiger partial charge on any atom is -0.456 e. The summed E-state index contributed by atoms with van der Waals surface area (Å²) >= 11 is 0. The second-order valence-corrected chi connectivity index (χ2v) is 8.65. The molecule has 1 aliphatic heterocycles. The van der Waals surface area contributed by atoms with E-state index in [1.807, 2.05) is 18.2 Å². The van der Waals surface area contributed by atoms with E-state index in [1.165, 1.54) is 10.5 Å². The number of hydrogen-bond donors (Lipinski definition) is 2. The fourth-order valence-electron chi connectivity index (χ4n) is 4.94.